The van der Waals surface area contributed by atoms with Crippen LogP contribution in [0.15, 0.2) is 18.2 Å². The Labute approximate surface area is 121 Å². The number of methoxy groups -OCH3 is 1. The van der Waals surface area contributed by atoms with Crippen molar-refractivity contribution in [2.45, 2.75) is 44.2 Å². The first kappa shape index (κ1) is 13.8. The van der Waals surface area contributed by atoms with Crippen molar-refractivity contribution >= 4 is 0 Å². The number of nitrogens with one attached hydrogen (secondary N) is 1. The van der Waals surface area contributed by atoms with Crippen LogP contribution in [0.4, 0.5) is 0 Å². The average Bonchev–Trinajstić information content (AvgIpc) is 2.48. The maximum Gasteiger partial charge on any atom is 0.213 e. The van der Waals surface area contributed by atoms with E-state index in [9.17, 15) is 0 Å². The molecule has 0 radical (unpaired) electrons. The van der Waals surface area contributed by atoms with Gasteiger partial charge in [-0.25, -0.2) is 4.98 Å². The number of nitrogens with zero attached hydrogens (tertiary/aromatic N) is 2. The molecule has 2 heterocycles. The van der Waals surface area contributed by atoms with Crippen LogP contribution < -0.4 is 10.1 Å². The maximum absolute atomic E-state index is 5.21. The van der Waals surface area contributed by atoms with Crippen LogP contribution >= 0.6 is 0 Å². The van der Waals surface area contributed by atoms with Crippen molar-refractivity contribution in [1.29, 1.82) is 0 Å². The molecule has 20 heavy (non-hydrogen) atoms. The zero-order valence-corrected chi connectivity index (χ0v) is 12.4. The number of hydrogen-bond acceptors (Lipinski definition) is 4. The van der Waals surface area contributed by atoms with E-state index in [0.29, 0.717) is 11.4 Å². The molecular formula is C16H25N3O. The number of hydrogen-bond donors (Lipinski definition) is 1. The van der Waals surface area contributed by atoms with Gasteiger partial charge in [-0.1, -0.05) is 25.3 Å². The molecule has 3 rings (SSSR count). The van der Waals surface area contributed by atoms with Crippen LogP contribution in [-0.4, -0.2) is 42.2 Å². The van der Waals surface area contributed by atoms with Gasteiger partial charge in [0.1, 0.15) is 0 Å². The monoisotopic (exact) mass is 275 g/mol. The summed E-state index contributed by atoms with van der Waals surface area (Å²) < 4.78 is 5.21. The molecule has 110 valence electrons. The van der Waals surface area contributed by atoms with E-state index < -0.39 is 0 Å². The van der Waals surface area contributed by atoms with E-state index in [2.05, 4.69) is 21.3 Å². The van der Waals surface area contributed by atoms with Crippen molar-refractivity contribution in [3.63, 3.8) is 0 Å². The second kappa shape index (κ2) is 6.10. The third-order valence-corrected chi connectivity index (χ3v) is 4.64. The van der Waals surface area contributed by atoms with Crippen molar-refractivity contribution in [2.24, 2.45) is 0 Å². The zero-order valence-electron chi connectivity index (χ0n) is 12.4. The Morgan fingerprint density at radius 3 is 2.95 bits per heavy atom. The molecule has 1 N–H and O–H groups in total. The third-order valence-electron chi connectivity index (χ3n) is 4.64. The van der Waals surface area contributed by atoms with E-state index in [1.165, 1.54) is 32.1 Å². The predicted octanol–water partition coefficient (Wildman–Crippen LogP) is 2.20. The molecule has 2 aliphatic rings. The van der Waals surface area contributed by atoms with Crippen LogP contribution in [0.25, 0.3) is 0 Å². The van der Waals surface area contributed by atoms with Gasteiger partial charge in [-0.3, -0.25) is 4.90 Å². The van der Waals surface area contributed by atoms with Crippen molar-refractivity contribution in [1.82, 2.24) is 15.2 Å². The average molecular weight is 275 g/mol. The van der Waals surface area contributed by atoms with Crippen molar-refractivity contribution in [2.75, 3.05) is 26.7 Å². The number of aromatic nitrogens is 1. The van der Waals surface area contributed by atoms with Gasteiger partial charge in [-0.15, -0.1) is 0 Å². The highest BCUT2D eigenvalue weighted by Crippen LogP contribution is 2.30. The first-order valence-electron chi connectivity index (χ1n) is 7.77. The summed E-state index contributed by atoms with van der Waals surface area (Å²) in [7, 11) is 1.67. The molecule has 1 spiro atoms. The minimum atomic E-state index is 0.370. The highest BCUT2D eigenvalue weighted by molar-refractivity contribution is 5.15. The Bertz CT molecular complexity index is 438. The summed E-state index contributed by atoms with van der Waals surface area (Å²) in [5.41, 5.74) is 1.48. The largest absolute Gasteiger partial charge is 0.481 e. The number of piperazine rings is 1. The molecule has 1 aliphatic heterocycles. The van der Waals surface area contributed by atoms with Gasteiger partial charge in [0, 0.05) is 37.8 Å². The summed E-state index contributed by atoms with van der Waals surface area (Å²) in [6.45, 7) is 4.30. The molecule has 4 nitrogen and oxygen atoms in total. The summed E-state index contributed by atoms with van der Waals surface area (Å²) in [6.07, 6.45) is 6.81. The predicted molar refractivity (Wildman–Crippen MR) is 79.9 cm³/mol. The number of pyridine rings is 1. The lowest BCUT2D eigenvalue weighted by Crippen LogP contribution is -2.60. The highest BCUT2D eigenvalue weighted by atomic mass is 16.5. The van der Waals surface area contributed by atoms with Crippen LogP contribution in [0.1, 0.15) is 37.8 Å². The lowest BCUT2D eigenvalue weighted by atomic mass is 9.80. The van der Waals surface area contributed by atoms with Crippen molar-refractivity contribution in [3.05, 3.63) is 23.9 Å². The van der Waals surface area contributed by atoms with E-state index in [4.69, 9.17) is 4.74 Å². The Morgan fingerprint density at radius 2 is 2.15 bits per heavy atom. The molecule has 1 aromatic rings. The summed E-state index contributed by atoms with van der Waals surface area (Å²) >= 11 is 0. The topological polar surface area (TPSA) is 37.4 Å². The molecule has 1 aromatic heterocycles. The normalized spacial score (nSPS) is 22.9. The van der Waals surface area contributed by atoms with Gasteiger partial charge in [-0.05, 0) is 18.9 Å². The molecule has 2 fully saturated rings. The molecule has 0 aromatic carbocycles. The summed E-state index contributed by atoms with van der Waals surface area (Å²) in [5, 5.41) is 3.79. The van der Waals surface area contributed by atoms with Crippen molar-refractivity contribution in [3.8, 4) is 5.88 Å². The van der Waals surface area contributed by atoms with Crippen LogP contribution in [0.3, 0.4) is 0 Å². The van der Waals surface area contributed by atoms with E-state index in [0.717, 1.165) is 31.9 Å². The third kappa shape index (κ3) is 3.13. The molecule has 4 heteroatoms. The molecule has 0 amide bonds. The Morgan fingerprint density at radius 1 is 1.30 bits per heavy atom. The second-order valence-electron chi connectivity index (χ2n) is 6.15. The van der Waals surface area contributed by atoms with E-state index in [1.807, 2.05) is 12.1 Å². The SMILES string of the molecule is COc1cccc(CN2CCNC3(CCCCC3)C2)n1. The standard InChI is InChI=1S/C16H25N3O/c1-20-15-7-5-6-14(18-15)12-19-11-10-17-16(13-19)8-3-2-4-9-16/h5-7,17H,2-4,8-13H2,1H3. The minimum absolute atomic E-state index is 0.370. The van der Waals surface area contributed by atoms with Gasteiger partial charge < -0.3 is 10.1 Å². The van der Waals surface area contributed by atoms with Crippen LogP contribution in [-0.2, 0) is 6.54 Å². The molecule has 0 bridgehead atoms. The molecular weight excluding hydrogens is 250 g/mol. The lowest BCUT2D eigenvalue weighted by Gasteiger charge is -2.46. The zero-order chi connectivity index (χ0) is 13.8. The first-order chi connectivity index (χ1) is 9.80. The fourth-order valence-electron chi connectivity index (χ4n) is 3.63. The Kier molecular flexibility index (Phi) is 4.22. The highest BCUT2D eigenvalue weighted by Gasteiger charge is 2.35. The molecule has 0 atom stereocenters. The number of ether oxygens (including phenoxy) is 1. The van der Waals surface area contributed by atoms with E-state index in [1.54, 1.807) is 7.11 Å². The number of rotatable bonds is 3. The van der Waals surface area contributed by atoms with Crippen LogP contribution in [0.2, 0.25) is 0 Å². The lowest BCUT2D eigenvalue weighted by molar-refractivity contribution is 0.0935. The summed E-state index contributed by atoms with van der Waals surface area (Å²) in [5.74, 6) is 0.713. The molecule has 0 unspecified atom stereocenters. The smallest absolute Gasteiger partial charge is 0.213 e. The van der Waals surface area contributed by atoms with Gasteiger partial charge in [-0.2, -0.15) is 0 Å². The Balaban J connectivity index is 1.64. The van der Waals surface area contributed by atoms with Crippen molar-refractivity contribution < 1.29 is 4.74 Å². The maximum atomic E-state index is 5.21. The van der Waals surface area contributed by atoms with E-state index in [-0.39, 0.29) is 0 Å². The quantitative estimate of drug-likeness (QED) is 0.917. The van der Waals surface area contributed by atoms with Crippen LogP contribution in [0.5, 0.6) is 5.88 Å². The van der Waals surface area contributed by atoms with Gasteiger partial charge in [0.05, 0.1) is 12.8 Å². The first-order valence-corrected chi connectivity index (χ1v) is 7.77. The van der Waals surface area contributed by atoms with Gasteiger partial charge >= 0.3 is 0 Å². The fourth-order valence-corrected chi connectivity index (χ4v) is 3.63. The van der Waals surface area contributed by atoms with Crippen LogP contribution in [0, 0.1) is 0 Å². The van der Waals surface area contributed by atoms with E-state index >= 15 is 0 Å². The fraction of sp³-hybridized carbons (Fsp3) is 0.688. The molecule has 1 saturated heterocycles. The summed E-state index contributed by atoms with van der Waals surface area (Å²) in [4.78, 5) is 7.08. The van der Waals surface area contributed by atoms with Gasteiger partial charge in [0.15, 0.2) is 0 Å². The molecule has 1 saturated carbocycles. The molecule has 1 aliphatic carbocycles. The summed E-state index contributed by atoms with van der Waals surface area (Å²) in [6, 6.07) is 6.03. The Hall–Kier alpha value is -1.13. The second-order valence-corrected chi connectivity index (χ2v) is 6.15. The van der Waals surface area contributed by atoms with Gasteiger partial charge in [0.25, 0.3) is 0 Å². The van der Waals surface area contributed by atoms with Gasteiger partial charge in [0.2, 0.25) is 5.88 Å². The minimum Gasteiger partial charge on any atom is -0.481 e.